The second-order valence-electron chi connectivity index (χ2n) is 13.4. The topological polar surface area (TPSA) is 162 Å². The quantitative estimate of drug-likeness (QED) is 0.165. The van der Waals surface area contributed by atoms with E-state index in [4.69, 9.17) is 23.2 Å². The second-order valence-corrected chi connectivity index (χ2v) is 14.2. The SMILES string of the molecule is C[C@@]1(Cc2ccc(C#N)cc2)C(=O)N(c2cc(Cl)c(F)c(Cl)c2)c2ncc(C(=O)NC3(C(=O)NC4(c5ccc(-c6cn[nH]c6)cn5)CC4)CC3)n21. The fraction of sp³-hybridized carbons (Fsp3) is 0.250. The molecule has 15 heteroatoms. The van der Waals surface area contributed by atoms with Gasteiger partial charge in [-0.2, -0.15) is 10.4 Å². The molecule has 4 heterocycles. The Kier molecular flexibility index (Phi) is 7.51. The van der Waals surface area contributed by atoms with Crippen molar-refractivity contribution >= 4 is 52.6 Å². The van der Waals surface area contributed by atoms with E-state index in [0.29, 0.717) is 36.8 Å². The first-order valence-electron chi connectivity index (χ1n) is 16.1. The molecule has 2 fully saturated rings. The van der Waals surface area contributed by atoms with Crippen molar-refractivity contribution in [2.24, 2.45) is 0 Å². The Bertz CT molecular complexity index is 2250. The van der Waals surface area contributed by atoms with Gasteiger partial charge in [0, 0.05) is 29.9 Å². The molecule has 0 saturated heterocycles. The van der Waals surface area contributed by atoms with E-state index in [9.17, 15) is 24.0 Å². The van der Waals surface area contributed by atoms with Crippen LogP contribution in [0, 0.1) is 17.1 Å². The summed E-state index contributed by atoms with van der Waals surface area (Å²) in [6.07, 6.45) is 8.95. The number of H-pyrrole nitrogens is 1. The molecule has 51 heavy (non-hydrogen) atoms. The summed E-state index contributed by atoms with van der Waals surface area (Å²) in [6, 6.07) is 15.2. The monoisotopic (exact) mass is 723 g/mol. The maximum absolute atomic E-state index is 14.4. The van der Waals surface area contributed by atoms with Gasteiger partial charge in [0.1, 0.15) is 16.8 Å². The first kappa shape index (κ1) is 32.6. The van der Waals surface area contributed by atoms with Gasteiger partial charge < -0.3 is 10.6 Å². The van der Waals surface area contributed by atoms with Crippen LogP contribution in [0.2, 0.25) is 10.0 Å². The number of nitrogens with one attached hydrogen (secondary N) is 3. The lowest BCUT2D eigenvalue weighted by Crippen LogP contribution is -2.52. The minimum Gasteiger partial charge on any atom is -0.343 e. The van der Waals surface area contributed by atoms with Crippen LogP contribution in [-0.4, -0.2) is 48.0 Å². The van der Waals surface area contributed by atoms with E-state index >= 15 is 0 Å². The van der Waals surface area contributed by atoms with Crippen LogP contribution in [0.1, 0.15) is 59.9 Å². The average Bonchev–Trinajstić information content (AvgIpc) is 3.93. The minimum absolute atomic E-state index is 0.0491. The molecule has 1 aliphatic heterocycles. The summed E-state index contributed by atoms with van der Waals surface area (Å²) in [6.45, 7) is 1.67. The minimum atomic E-state index is -1.41. The van der Waals surface area contributed by atoms with E-state index in [1.54, 1.807) is 49.8 Å². The van der Waals surface area contributed by atoms with E-state index in [-0.39, 0.29) is 39.7 Å². The van der Waals surface area contributed by atoms with Crippen LogP contribution in [0.25, 0.3) is 11.1 Å². The van der Waals surface area contributed by atoms with E-state index in [2.05, 4.69) is 36.9 Å². The highest BCUT2D eigenvalue weighted by molar-refractivity contribution is 6.35. The molecule has 256 valence electrons. The summed E-state index contributed by atoms with van der Waals surface area (Å²) in [7, 11) is 0. The number of imidazole rings is 1. The number of carbonyl (C=O) groups is 3. The van der Waals surface area contributed by atoms with Gasteiger partial charge in [0.15, 0.2) is 5.82 Å². The fourth-order valence-corrected chi connectivity index (χ4v) is 7.18. The standard InChI is InChI=1S/C36H28Cl2FN9O3/c1-34(14-20-2-4-21(15-40)5-3-20)32(51)47(24-12-25(37)29(39)26(38)13-24)33-42-19-27(48(33)34)30(49)45-36(10-11-36)31(50)46-35(8-9-35)28-7-6-22(16-41-28)23-17-43-44-18-23/h2-7,12-13,16-19H,8-11,14H2,1H3,(H,43,44)(H,45,49)(H,46,50)/t34-/m1/s1. The fourth-order valence-electron chi connectivity index (χ4n) is 6.71. The summed E-state index contributed by atoms with van der Waals surface area (Å²) < 4.78 is 15.9. The number of hydrogen-bond acceptors (Lipinski definition) is 7. The Hall–Kier alpha value is -5.58. The lowest BCUT2D eigenvalue weighted by molar-refractivity contribution is -0.125. The molecule has 1 atom stereocenters. The zero-order chi connectivity index (χ0) is 35.7. The highest BCUT2D eigenvalue weighted by atomic mass is 35.5. The number of aromatic nitrogens is 5. The highest BCUT2D eigenvalue weighted by Gasteiger charge is 2.57. The van der Waals surface area contributed by atoms with E-state index in [1.807, 2.05) is 12.1 Å². The Balaban J connectivity index is 1.08. The molecule has 3 aliphatic rings. The van der Waals surface area contributed by atoms with Gasteiger partial charge >= 0.3 is 0 Å². The molecule has 3 N–H and O–H groups in total. The van der Waals surface area contributed by atoms with Gasteiger partial charge in [-0.3, -0.25) is 29.0 Å². The lowest BCUT2D eigenvalue weighted by atomic mass is 9.91. The smallest absolute Gasteiger partial charge is 0.270 e. The zero-order valence-electron chi connectivity index (χ0n) is 27.0. The molecule has 5 aromatic rings. The van der Waals surface area contributed by atoms with Crippen LogP contribution in [0.3, 0.4) is 0 Å². The number of halogens is 3. The third-order valence-corrected chi connectivity index (χ3v) is 10.5. The number of nitrogens with zero attached hydrogens (tertiary/aromatic N) is 6. The van der Waals surface area contributed by atoms with E-state index < -0.39 is 34.2 Å². The van der Waals surface area contributed by atoms with Crippen LogP contribution in [0.5, 0.6) is 0 Å². The third-order valence-electron chi connectivity index (χ3n) is 9.92. The third kappa shape index (κ3) is 5.42. The second kappa shape index (κ2) is 11.8. The van der Waals surface area contributed by atoms with E-state index in [1.165, 1.54) is 27.8 Å². The number of carbonyl (C=O) groups excluding carboxylic acids is 3. The van der Waals surface area contributed by atoms with Crippen molar-refractivity contribution in [3.8, 4) is 17.2 Å². The number of pyridine rings is 1. The van der Waals surface area contributed by atoms with Gasteiger partial charge in [-0.1, -0.05) is 41.4 Å². The van der Waals surface area contributed by atoms with Gasteiger partial charge in [-0.05, 0) is 68.5 Å². The van der Waals surface area contributed by atoms with Crippen molar-refractivity contribution in [1.82, 2.24) is 35.4 Å². The number of nitriles is 1. The van der Waals surface area contributed by atoms with Gasteiger partial charge in [0.25, 0.3) is 11.8 Å². The molecule has 2 aliphatic carbocycles. The summed E-state index contributed by atoms with van der Waals surface area (Å²) in [5.74, 6) is -2.12. The Morgan fingerprint density at radius 3 is 2.29 bits per heavy atom. The molecule has 0 spiro atoms. The molecule has 12 nitrogen and oxygen atoms in total. The lowest BCUT2D eigenvalue weighted by Gasteiger charge is -2.27. The van der Waals surface area contributed by atoms with Crippen molar-refractivity contribution < 1.29 is 18.8 Å². The van der Waals surface area contributed by atoms with Gasteiger partial charge in [-0.25, -0.2) is 14.3 Å². The van der Waals surface area contributed by atoms with E-state index in [0.717, 1.165) is 16.8 Å². The Morgan fingerprint density at radius 2 is 1.71 bits per heavy atom. The largest absolute Gasteiger partial charge is 0.343 e. The summed E-state index contributed by atoms with van der Waals surface area (Å²) in [4.78, 5) is 52.7. The maximum atomic E-state index is 14.4. The summed E-state index contributed by atoms with van der Waals surface area (Å²) in [5.41, 5.74) is 0.706. The first-order valence-corrected chi connectivity index (χ1v) is 16.9. The van der Waals surface area contributed by atoms with Crippen molar-refractivity contribution in [1.29, 1.82) is 5.26 Å². The molecule has 0 unspecified atom stereocenters. The van der Waals surface area contributed by atoms with Crippen molar-refractivity contribution in [2.75, 3.05) is 4.90 Å². The number of amides is 3. The molecule has 3 amide bonds. The molecule has 0 radical (unpaired) electrons. The van der Waals surface area contributed by atoms with Crippen LogP contribution in [-0.2, 0) is 27.1 Å². The molecule has 3 aromatic heterocycles. The predicted octanol–water partition coefficient (Wildman–Crippen LogP) is 5.69. The molecular weight excluding hydrogens is 696 g/mol. The van der Waals surface area contributed by atoms with Crippen molar-refractivity contribution in [3.05, 3.63) is 112 Å². The number of anilines is 2. The molecule has 2 saturated carbocycles. The van der Waals surface area contributed by atoms with Gasteiger partial charge in [0.05, 0.1) is 51.0 Å². The van der Waals surface area contributed by atoms with Crippen LogP contribution < -0.4 is 15.5 Å². The molecular formula is C36H28Cl2FN9O3. The molecule has 2 aromatic carbocycles. The normalized spacial score (nSPS) is 19.3. The average molecular weight is 725 g/mol. The Morgan fingerprint density at radius 1 is 0.980 bits per heavy atom. The first-order chi connectivity index (χ1) is 24.5. The van der Waals surface area contributed by atoms with Crippen molar-refractivity contribution in [2.45, 2.75) is 55.6 Å². The van der Waals surface area contributed by atoms with Crippen molar-refractivity contribution in [3.63, 3.8) is 0 Å². The van der Waals surface area contributed by atoms with Gasteiger partial charge in [0.2, 0.25) is 11.9 Å². The summed E-state index contributed by atoms with van der Waals surface area (Å²) in [5, 5.41) is 21.6. The van der Waals surface area contributed by atoms with Crippen LogP contribution in [0.4, 0.5) is 16.0 Å². The highest BCUT2D eigenvalue weighted by Crippen LogP contribution is 2.48. The van der Waals surface area contributed by atoms with Crippen LogP contribution >= 0.6 is 23.2 Å². The molecule has 8 rings (SSSR count). The number of aromatic amines is 1. The predicted molar refractivity (Wildman–Crippen MR) is 185 cm³/mol. The number of fused-ring (bicyclic) bond motifs is 1. The number of rotatable bonds is 9. The van der Waals surface area contributed by atoms with Crippen LogP contribution in [0.15, 0.2) is 73.3 Å². The maximum Gasteiger partial charge on any atom is 0.270 e. The summed E-state index contributed by atoms with van der Waals surface area (Å²) >= 11 is 12.2. The van der Waals surface area contributed by atoms with Gasteiger partial charge in [-0.15, -0.1) is 0 Å². The Labute approximate surface area is 300 Å². The number of benzene rings is 2. The molecule has 0 bridgehead atoms. The zero-order valence-corrected chi connectivity index (χ0v) is 28.5. The number of hydrogen-bond donors (Lipinski definition) is 3.